The lowest BCUT2D eigenvalue weighted by Gasteiger charge is -2.39. The predicted molar refractivity (Wildman–Crippen MR) is 73.9 cm³/mol. The van der Waals surface area contributed by atoms with Gasteiger partial charge in [0.1, 0.15) is 5.54 Å². The van der Waals surface area contributed by atoms with E-state index in [2.05, 4.69) is 16.3 Å². The van der Waals surface area contributed by atoms with Gasteiger partial charge in [0, 0.05) is 41.8 Å². The van der Waals surface area contributed by atoms with Gasteiger partial charge in [-0.05, 0) is 25.1 Å². The molecule has 5 heteroatoms. The number of hydrogen-bond acceptors (Lipinski definition) is 3. The van der Waals surface area contributed by atoms with Crippen LogP contribution in [-0.2, 0) is 5.54 Å². The highest BCUT2D eigenvalue weighted by atomic mass is 35.5. The summed E-state index contributed by atoms with van der Waals surface area (Å²) in [5.41, 5.74) is 0.0467. The van der Waals surface area contributed by atoms with E-state index in [1.54, 1.807) is 18.2 Å². The van der Waals surface area contributed by atoms with Gasteiger partial charge in [-0.3, -0.25) is 4.90 Å². The fraction of sp³-hybridized carbons (Fsp3) is 0.462. The van der Waals surface area contributed by atoms with Crippen LogP contribution in [0.2, 0.25) is 10.0 Å². The molecule has 1 unspecified atom stereocenters. The Kier molecular flexibility index (Phi) is 4.14. The Bertz CT molecular complexity index is 478. The van der Waals surface area contributed by atoms with Gasteiger partial charge in [-0.25, -0.2) is 0 Å². The van der Waals surface area contributed by atoms with E-state index in [4.69, 9.17) is 23.2 Å². The molecular formula is C13H15Cl2N3. The molecule has 1 atom stereocenters. The standard InChI is InChI=1S/C13H15Cl2N3/c1-13(9-16,18-6-4-17-5-7-18)11-8-10(14)2-3-12(11)15/h2-3,8,17H,4-7H2,1H3. The van der Waals surface area contributed by atoms with Gasteiger partial charge >= 0.3 is 0 Å². The van der Waals surface area contributed by atoms with Crippen molar-refractivity contribution in [3.63, 3.8) is 0 Å². The Morgan fingerprint density at radius 2 is 2.00 bits per heavy atom. The van der Waals surface area contributed by atoms with Crippen molar-refractivity contribution in [2.75, 3.05) is 26.2 Å². The summed E-state index contributed by atoms with van der Waals surface area (Å²) >= 11 is 12.2. The van der Waals surface area contributed by atoms with E-state index in [0.29, 0.717) is 10.0 Å². The monoisotopic (exact) mass is 283 g/mol. The summed E-state index contributed by atoms with van der Waals surface area (Å²) in [5, 5.41) is 14.1. The highest BCUT2D eigenvalue weighted by Crippen LogP contribution is 2.34. The van der Waals surface area contributed by atoms with Gasteiger partial charge in [0.05, 0.1) is 6.07 Å². The molecule has 0 saturated carbocycles. The molecule has 1 fully saturated rings. The van der Waals surface area contributed by atoms with Crippen LogP contribution in [0.1, 0.15) is 12.5 Å². The van der Waals surface area contributed by atoms with E-state index in [9.17, 15) is 5.26 Å². The van der Waals surface area contributed by atoms with Crippen molar-refractivity contribution in [3.8, 4) is 6.07 Å². The molecule has 1 aromatic carbocycles. The van der Waals surface area contributed by atoms with Gasteiger partial charge in [0.2, 0.25) is 0 Å². The number of hydrogen-bond donors (Lipinski definition) is 1. The third-order valence-corrected chi connectivity index (χ3v) is 3.98. The SMILES string of the molecule is CC(C#N)(c1cc(Cl)ccc1Cl)N1CCNCC1. The number of nitrogens with zero attached hydrogens (tertiary/aromatic N) is 2. The summed E-state index contributed by atoms with van der Waals surface area (Å²) in [4.78, 5) is 2.14. The minimum absolute atomic E-state index is 0.585. The van der Waals surface area contributed by atoms with Crippen LogP contribution in [0.3, 0.4) is 0 Å². The quantitative estimate of drug-likeness (QED) is 0.907. The lowest BCUT2D eigenvalue weighted by Crippen LogP contribution is -2.52. The third kappa shape index (κ3) is 2.48. The van der Waals surface area contributed by atoms with Crippen LogP contribution < -0.4 is 5.32 Å². The van der Waals surface area contributed by atoms with E-state index in [0.717, 1.165) is 31.7 Å². The summed E-state index contributed by atoms with van der Waals surface area (Å²) in [7, 11) is 0. The molecule has 1 aromatic rings. The Morgan fingerprint density at radius 3 is 2.61 bits per heavy atom. The molecule has 0 radical (unpaired) electrons. The van der Waals surface area contributed by atoms with E-state index < -0.39 is 5.54 Å². The zero-order valence-corrected chi connectivity index (χ0v) is 11.7. The van der Waals surface area contributed by atoms with E-state index in [-0.39, 0.29) is 0 Å². The number of nitrogens with one attached hydrogen (secondary N) is 1. The summed E-state index contributed by atoms with van der Waals surface area (Å²) in [6, 6.07) is 7.66. The molecule has 0 aliphatic carbocycles. The van der Waals surface area contributed by atoms with Crippen molar-refractivity contribution in [2.24, 2.45) is 0 Å². The van der Waals surface area contributed by atoms with Crippen LogP contribution in [-0.4, -0.2) is 31.1 Å². The molecule has 3 nitrogen and oxygen atoms in total. The van der Waals surface area contributed by atoms with Gasteiger partial charge in [-0.15, -0.1) is 0 Å². The normalized spacial score (nSPS) is 20.1. The highest BCUT2D eigenvalue weighted by Gasteiger charge is 2.36. The number of piperazine rings is 1. The molecule has 1 saturated heterocycles. The number of benzene rings is 1. The Hall–Kier alpha value is -0.790. The largest absolute Gasteiger partial charge is 0.314 e. The van der Waals surface area contributed by atoms with E-state index >= 15 is 0 Å². The van der Waals surface area contributed by atoms with Gasteiger partial charge in [-0.1, -0.05) is 23.2 Å². The molecule has 1 aliphatic rings. The zero-order valence-electron chi connectivity index (χ0n) is 10.2. The second kappa shape index (κ2) is 5.46. The smallest absolute Gasteiger partial charge is 0.133 e. The van der Waals surface area contributed by atoms with Crippen molar-refractivity contribution < 1.29 is 0 Å². The molecule has 0 amide bonds. The first-order valence-electron chi connectivity index (χ1n) is 5.90. The van der Waals surface area contributed by atoms with Gasteiger partial charge in [0.15, 0.2) is 0 Å². The van der Waals surface area contributed by atoms with Gasteiger partial charge < -0.3 is 5.32 Å². The molecule has 96 valence electrons. The molecule has 1 N–H and O–H groups in total. The van der Waals surface area contributed by atoms with Gasteiger partial charge in [0.25, 0.3) is 0 Å². The first-order chi connectivity index (χ1) is 8.58. The minimum atomic E-state index is -0.732. The van der Waals surface area contributed by atoms with Crippen molar-refractivity contribution in [1.82, 2.24) is 10.2 Å². The molecule has 2 rings (SSSR count). The molecule has 18 heavy (non-hydrogen) atoms. The molecular weight excluding hydrogens is 269 g/mol. The molecule has 1 aliphatic heterocycles. The number of rotatable bonds is 2. The maximum absolute atomic E-state index is 9.59. The fourth-order valence-corrected chi connectivity index (χ4v) is 2.76. The van der Waals surface area contributed by atoms with Crippen LogP contribution >= 0.6 is 23.2 Å². The molecule has 0 aromatic heterocycles. The lowest BCUT2D eigenvalue weighted by atomic mass is 9.91. The zero-order chi connectivity index (χ0) is 13.2. The summed E-state index contributed by atoms with van der Waals surface area (Å²) in [6.07, 6.45) is 0. The second-order valence-corrected chi connectivity index (χ2v) is 5.39. The molecule has 0 spiro atoms. The van der Waals surface area contributed by atoms with Crippen LogP contribution in [0, 0.1) is 11.3 Å². The fourth-order valence-electron chi connectivity index (χ4n) is 2.28. The Morgan fingerprint density at radius 1 is 1.33 bits per heavy atom. The number of halogens is 2. The Labute approximate surface area is 117 Å². The predicted octanol–water partition coefficient (Wildman–Crippen LogP) is 2.64. The average molecular weight is 284 g/mol. The lowest BCUT2D eigenvalue weighted by molar-refractivity contribution is 0.133. The maximum atomic E-state index is 9.59. The summed E-state index contributed by atoms with van der Waals surface area (Å²) in [6.45, 7) is 5.32. The minimum Gasteiger partial charge on any atom is -0.314 e. The van der Waals surface area contributed by atoms with Crippen molar-refractivity contribution in [3.05, 3.63) is 33.8 Å². The van der Waals surface area contributed by atoms with Crippen LogP contribution in [0.4, 0.5) is 0 Å². The van der Waals surface area contributed by atoms with Gasteiger partial charge in [-0.2, -0.15) is 5.26 Å². The van der Waals surface area contributed by atoms with Crippen LogP contribution in [0.15, 0.2) is 18.2 Å². The molecule has 0 bridgehead atoms. The summed E-state index contributed by atoms with van der Waals surface area (Å²) < 4.78 is 0. The Balaban J connectivity index is 2.42. The first-order valence-corrected chi connectivity index (χ1v) is 6.66. The average Bonchev–Trinajstić information content (AvgIpc) is 2.41. The van der Waals surface area contributed by atoms with Crippen molar-refractivity contribution in [2.45, 2.75) is 12.5 Å². The van der Waals surface area contributed by atoms with Crippen LogP contribution in [0.25, 0.3) is 0 Å². The second-order valence-electron chi connectivity index (χ2n) is 4.55. The van der Waals surface area contributed by atoms with Crippen LogP contribution in [0.5, 0.6) is 0 Å². The maximum Gasteiger partial charge on any atom is 0.133 e. The third-order valence-electron chi connectivity index (χ3n) is 3.42. The number of nitriles is 1. The summed E-state index contributed by atoms with van der Waals surface area (Å²) in [5.74, 6) is 0. The highest BCUT2D eigenvalue weighted by molar-refractivity contribution is 6.33. The molecule has 1 heterocycles. The topological polar surface area (TPSA) is 39.1 Å². The van der Waals surface area contributed by atoms with Crippen molar-refractivity contribution >= 4 is 23.2 Å². The van der Waals surface area contributed by atoms with E-state index in [1.807, 2.05) is 6.92 Å². The van der Waals surface area contributed by atoms with Crippen molar-refractivity contribution in [1.29, 1.82) is 5.26 Å². The van der Waals surface area contributed by atoms with E-state index in [1.165, 1.54) is 0 Å². The first kappa shape index (κ1) is 13.6.